The van der Waals surface area contributed by atoms with Crippen molar-refractivity contribution in [2.75, 3.05) is 11.5 Å². The molecular formula is C9H20N2O4S2. The van der Waals surface area contributed by atoms with E-state index in [0.717, 1.165) is 0 Å². The van der Waals surface area contributed by atoms with Crippen molar-refractivity contribution in [3.05, 3.63) is 0 Å². The summed E-state index contributed by atoms with van der Waals surface area (Å²) >= 11 is 7.55. The van der Waals surface area contributed by atoms with Gasteiger partial charge in [-0.2, -0.15) is 25.3 Å². The monoisotopic (exact) mass is 284 g/mol. The minimum atomic E-state index is -1.18. The van der Waals surface area contributed by atoms with Crippen LogP contribution in [-0.4, -0.2) is 44.7 Å². The second-order valence-corrected chi connectivity index (χ2v) is 4.49. The van der Waals surface area contributed by atoms with Gasteiger partial charge in [-0.15, -0.1) is 0 Å². The van der Waals surface area contributed by atoms with Gasteiger partial charge < -0.3 is 21.7 Å². The van der Waals surface area contributed by atoms with Gasteiger partial charge in [-0.25, -0.2) is 0 Å². The SMILES string of the molecule is CC(N)(CS)C(=O)O.CCC(N)(CS)C(=O)O. The summed E-state index contributed by atoms with van der Waals surface area (Å²) in [6.45, 7) is 3.15. The molecule has 0 aromatic heterocycles. The molecule has 102 valence electrons. The number of hydrogen-bond acceptors (Lipinski definition) is 6. The molecule has 0 rings (SSSR count). The molecule has 0 aliphatic carbocycles. The Balaban J connectivity index is 0. The number of carboxylic acids is 2. The van der Waals surface area contributed by atoms with Gasteiger partial charge >= 0.3 is 11.9 Å². The molecule has 6 N–H and O–H groups in total. The highest BCUT2D eigenvalue weighted by atomic mass is 32.1. The largest absolute Gasteiger partial charge is 0.480 e. The molecule has 0 amide bonds. The minimum Gasteiger partial charge on any atom is -0.480 e. The highest BCUT2D eigenvalue weighted by Gasteiger charge is 2.29. The molecule has 2 unspecified atom stereocenters. The Morgan fingerprint density at radius 2 is 1.53 bits per heavy atom. The molecule has 0 aromatic carbocycles. The highest BCUT2D eigenvalue weighted by molar-refractivity contribution is 7.80. The Labute approximate surface area is 112 Å². The number of carboxylic acid groups (broad SMARTS) is 2. The Kier molecular flexibility index (Phi) is 8.68. The number of rotatable bonds is 5. The maximum Gasteiger partial charge on any atom is 0.324 e. The lowest BCUT2D eigenvalue weighted by Crippen LogP contribution is -2.49. The molecule has 6 nitrogen and oxygen atoms in total. The second kappa shape index (κ2) is 7.80. The van der Waals surface area contributed by atoms with Crippen LogP contribution < -0.4 is 11.5 Å². The Morgan fingerprint density at radius 1 is 1.12 bits per heavy atom. The third-order valence-electron chi connectivity index (χ3n) is 2.16. The Bertz CT molecular complexity index is 268. The predicted octanol–water partition coefficient (Wildman–Crippen LogP) is -0.173. The van der Waals surface area contributed by atoms with Gasteiger partial charge in [-0.05, 0) is 13.3 Å². The number of aliphatic carboxylic acids is 2. The van der Waals surface area contributed by atoms with E-state index in [9.17, 15) is 9.59 Å². The van der Waals surface area contributed by atoms with Gasteiger partial charge in [0.25, 0.3) is 0 Å². The van der Waals surface area contributed by atoms with E-state index in [1.165, 1.54) is 6.92 Å². The minimum absolute atomic E-state index is 0.155. The van der Waals surface area contributed by atoms with E-state index >= 15 is 0 Å². The van der Waals surface area contributed by atoms with Gasteiger partial charge in [0.2, 0.25) is 0 Å². The molecule has 0 saturated carbocycles. The molecule has 0 saturated heterocycles. The molecular weight excluding hydrogens is 264 g/mol. The fourth-order valence-electron chi connectivity index (χ4n) is 0.398. The summed E-state index contributed by atoms with van der Waals surface area (Å²) in [5.41, 5.74) is 8.23. The van der Waals surface area contributed by atoms with Crippen LogP contribution in [0.5, 0.6) is 0 Å². The third-order valence-corrected chi connectivity index (χ3v) is 3.38. The van der Waals surface area contributed by atoms with Crippen molar-refractivity contribution in [3.63, 3.8) is 0 Å². The van der Waals surface area contributed by atoms with Gasteiger partial charge in [0, 0.05) is 11.5 Å². The van der Waals surface area contributed by atoms with Crippen molar-refractivity contribution in [2.24, 2.45) is 11.5 Å². The molecule has 2 atom stereocenters. The smallest absolute Gasteiger partial charge is 0.324 e. The maximum absolute atomic E-state index is 10.3. The van der Waals surface area contributed by atoms with Crippen molar-refractivity contribution in [1.82, 2.24) is 0 Å². The topological polar surface area (TPSA) is 127 Å². The van der Waals surface area contributed by atoms with E-state index in [2.05, 4.69) is 25.3 Å². The predicted molar refractivity (Wildman–Crippen MR) is 72.8 cm³/mol. The average Bonchev–Trinajstić information content (AvgIpc) is 2.28. The van der Waals surface area contributed by atoms with Crippen LogP contribution in [0.25, 0.3) is 0 Å². The summed E-state index contributed by atoms with van der Waals surface area (Å²) in [7, 11) is 0. The normalized spacial score (nSPS) is 17.1. The molecule has 8 heteroatoms. The van der Waals surface area contributed by atoms with Gasteiger partial charge in [0.05, 0.1) is 0 Å². The highest BCUT2D eigenvalue weighted by Crippen LogP contribution is 2.07. The molecule has 0 spiro atoms. The lowest BCUT2D eigenvalue weighted by molar-refractivity contribution is -0.143. The molecule has 0 aromatic rings. The van der Waals surface area contributed by atoms with Crippen LogP contribution in [0, 0.1) is 0 Å². The maximum atomic E-state index is 10.3. The summed E-state index contributed by atoms with van der Waals surface area (Å²) < 4.78 is 0. The quantitative estimate of drug-likeness (QED) is 0.389. The third kappa shape index (κ3) is 6.77. The standard InChI is InChI=1S/C5H11NO2S.C4H9NO2S/c1-2-5(6,3-9)4(7)8;1-4(5,2-8)3(6)7/h9H,2-3,6H2,1H3,(H,7,8);8H,2,5H2,1H3,(H,6,7). The molecule has 17 heavy (non-hydrogen) atoms. The average molecular weight is 284 g/mol. The van der Waals surface area contributed by atoms with Crippen molar-refractivity contribution >= 4 is 37.2 Å². The van der Waals surface area contributed by atoms with E-state index in [-0.39, 0.29) is 11.5 Å². The van der Waals surface area contributed by atoms with Crippen molar-refractivity contribution in [1.29, 1.82) is 0 Å². The first-order valence-corrected chi connectivity index (χ1v) is 6.10. The molecule has 0 heterocycles. The van der Waals surface area contributed by atoms with Crippen LogP contribution in [0.1, 0.15) is 20.3 Å². The lowest BCUT2D eigenvalue weighted by atomic mass is 10.0. The first-order chi connectivity index (χ1) is 7.57. The number of hydrogen-bond donors (Lipinski definition) is 6. The number of carbonyl (C=O) groups is 2. The van der Waals surface area contributed by atoms with E-state index < -0.39 is 23.0 Å². The fraction of sp³-hybridized carbons (Fsp3) is 0.778. The van der Waals surface area contributed by atoms with Crippen molar-refractivity contribution < 1.29 is 19.8 Å². The van der Waals surface area contributed by atoms with Crippen LogP contribution >= 0.6 is 25.3 Å². The van der Waals surface area contributed by atoms with Crippen LogP contribution in [0.3, 0.4) is 0 Å². The van der Waals surface area contributed by atoms with Gasteiger partial charge in [0.1, 0.15) is 11.1 Å². The van der Waals surface area contributed by atoms with E-state index in [0.29, 0.717) is 6.42 Å². The first kappa shape index (κ1) is 18.9. The molecule has 0 aliphatic rings. The van der Waals surface area contributed by atoms with Crippen LogP contribution in [0.4, 0.5) is 0 Å². The lowest BCUT2D eigenvalue weighted by Gasteiger charge is -2.19. The van der Waals surface area contributed by atoms with Crippen LogP contribution in [0.15, 0.2) is 0 Å². The van der Waals surface area contributed by atoms with Gasteiger partial charge in [-0.1, -0.05) is 6.92 Å². The summed E-state index contributed by atoms with van der Waals surface area (Å²) in [5.74, 6) is -1.67. The fourth-order valence-corrected chi connectivity index (χ4v) is 0.892. The zero-order valence-electron chi connectivity index (χ0n) is 9.88. The number of nitrogens with two attached hydrogens (primary N) is 2. The van der Waals surface area contributed by atoms with E-state index in [1.54, 1.807) is 6.92 Å². The van der Waals surface area contributed by atoms with E-state index in [1.807, 2.05) is 0 Å². The molecule has 0 radical (unpaired) electrons. The second-order valence-electron chi connectivity index (χ2n) is 3.85. The van der Waals surface area contributed by atoms with Crippen molar-refractivity contribution in [2.45, 2.75) is 31.3 Å². The molecule has 0 fully saturated rings. The zero-order chi connectivity index (χ0) is 14.3. The van der Waals surface area contributed by atoms with E-state index in [4.69, 9.17) is 21.7 Å². The molecule has 0 aliphatic heterocycles. The summed E-state index contributed by atoms with van der Waals surface area (Å²) in [5, 5.41) is 16.7. The summed E-state index contributed by atoms with van der Waals surface area (Å²) in [6, 6.07) is 0. The van der Waals surface area contributed by atoms with Crippen LogP contribution in [-0.2, 0) is 9.59 Å². The van der Waals surface area contributed by atoms with Crippen LogP contribution in [0.2, 0.25) is 0 Å². The molecule has 0 bridgehead atoms. The van der Waals surface area contributed by atoms with Gasteiger partial charge in [-0.3, -0.25) is 9.59 Å². The summed E-state index contributed by atoms with van der Waals surface area (Å²) in [4.78, 5) is 20.4. The number of thiol groups is 2. The first-order valence-electron chi connectivity index (χ1n) is 4.83. The Hall–Kier alpha value is -0.440. The Morgan fingerprint density at radius 3 is 1.53 bits per heavy atom. The van der Waals surface area contributed by atoms with Gasteiger partial charge in [0.15, 0.2) is 0 Å². The summed E-state index contributed by atoms with van der Waals surface area (Å²) in [6.07, 6.45) is 0.409. The zero-order valence-corrected chi connectivity index (χ0v) is 11.7. The van der Waals surface area contributed by atoms with Crippen molar-refractivity contribution in [3.8, 4) is 0 Å².